The molecular weight excluding hydrogens is 867 g/mol. The van der Waals surface area contributed by atoms with Gasteiger partial charge < -0.3 is 0 Å². The number of rotatable bonds is 10. The number of H-pyrrole nitrogens is 1. The van der Waals surface area contributed by atoms with Crippen LogP contribution in [0.1, 0.15) is 18.1 Å². The van der Waals surface area contributed by atoms with Gasteiger partial charge in [0.25, 0.3) is 11.6 Å². The highest BCUT2D eigenvalue weighted by Gasteiger charge is 2.40. The van der Waals surface area contributed by atoms with Gasteiger partial charge in [-0.1, -0.05) is 158 Å². The van der Waals surface area contributed by atoms with Crippen molar-refractivity contribution in [1.82, 2.24) is 29.5 Å². The van der Waals surface area contributed by atoms with E-state index in [0.29, 0.717) is 30.1 Å². The predicted molar refractivity (Wildman–Crippen MR) is 280 cm³/mol. The van der Waals surface area contributed by atoms with Crippen molar-refractivity contribution >= 4 is 60.8 Å². The second-order valence-corrected chi connectivity index (χ2v) is 17.8. The van der Waals surface area contributed by atoms with E-state index in [-0.39, 0.29) is 0 Å². The molecule has 1 unspecified atom stereocenters. The lowest BCUT2D eigenvalue weighted by Crippen LogP contribution is -2.96. The Balaban J connectivity index is 0.926. The highest BCUT2D eigenvalue weighted by Crippen LogP contribution is 2.42. The summed E-state index contributed by atoms with van der Waals surface area (Å²) in [6.07, 6.45) is 0. The second-order valence-electron chi connectivity index (χ2n) is 16.7. The number of aromatic nitrogens is 7. The molecule has 4 heterocycles. The fourth-order valence-electron chi connectivity index (χ4n) is 9.18. The van der Waals surface area contributed by atoms with Crippen LogP contribution < -0.4 is 9.88 Å². The average Bonchev–Trinajstić information content (AvgIpc) is 3.94. The van der Waals surface area contributed by atoms with Gasteiger partial charge in [-0.2, -0.15) is 14.9 Å². The van der Waals surface area contributed by atoms with E-state index < -0.39 is 0 Å². The zero-order valence-electron chi connectivity index (χ0n) is 37.6. The number of nitrogens with zero attached hydrogens (tertiary/aromatic N) is 7. The average molecular weight is 910 g/mol. The first-order chi connectivity index (χ1) is 34.1. The van der Waals surface area contributed by atoms with E-state index in [9.17, 15) is 0 Å². The Morgan fingerprint density at radius 2 is 1.06 bits per heavy atom. The molecule has 0 bridgehead atoms. The minimum atomic E-state index is 0.541. The topological polar surface area (TPSA) is 100 Å². The van der Waals surface area contributed by atoms with Gasteiger partial charge >= 0.3 is 5.95 Å². The van der Waals surface area contributed by atoms with E-state index in [1.54, 1.807) is 11.8 Å². The van der Waals surface area contributed by atoms with Crippen LogP contribution in [0.25, 0.3) is 89.3 Å². The van der Waals surface area contributed by atoms with Crippen LogP contribution in [0.3, 0.4) is 0 Å². The Hall–Kier alpha value is -8.70. The van der Waals surface area contributed by atoms with E-state index in [2.05, 4.69) is 132 Å². The zero-order chi connectivity index (χ0) is 46.3. The van der Waals surface area contributed by atoms with Gasteiger partial charge in [0.05, 0.1) is 27.7 Å². The number of fused-ring (bicyclic) bond motifs is 6. The Morgan fingerprint density at radius 3 is 1.70 bits per heavy atom. The molecule has 0 spiro atoms. The molecule has 1 aliphatic heterocycles. The molecule has 0 radical (unpaired) electrons. The number of quaternary nitrogens is 1. The molecule has 1 atom stereocenters. The number of hydrogen-bond donors (Lipinski definition) is 1. The van der Waals surface area contributed by atoms with E-state index in [1.807, 2.05) is 97.1 Å². The second kappa shape index (κ2) is 17.8. The van der Waals surface area contributed by atoms with Crippen molar-refractivity contribution in [1.29, 1.82) is 0 Å². The summed E-state index contributed by atoms with van der Waals surface area (Å²) >= 11 is 1.58. The lowest BCUT2D eigenvalue weighted by molar-refractivity contribution is -0.684. The molecule has 0 fully saturated rings. The van der Waals surface area contributed by atoms with Crippen molar-refractivity contribution in [2.24, 2.45) is 4.99 Å². The minimum absolute atomic E-state index is 0.541. The summed E-state index contributed by atoms with van der Waals surface area (Å²) in [6, 6.07) is 70.7. The number of aliphatic imine (C=N–C) groups is 1. The molecule has 10 heteroatoms. The smallest absolute Gasteiger partial charge is 0.278 e. The number of para-hydroxylation sites is 2. The van der Waals surface area contributed by atoms with Crippen molar-refractivity contribution in [2.45, 2.75) is 6.92 Å². The number of hydrogen-bond acceptors (Lipinski definition) is 7. The fraction of sp³-hybridized carbons (Fsp3) is 0.0339. The van der Waals surface area contributed by atoms with Crippen molar-refractivity contribution in [3.8, 4) is 62.6 Å². The lowest BCUT2D eigenvalue weighted by atomic mass is 10.0. The van der Waals surface area contributed by atoms with Crippen molar-refractivity contribution in [3.05, 3.63) is 224 Å². The van der Waals surface area contributed by atoms with Crippen LogP contribution in [-0.4, -0.2) is 41.1 Å². The predicted octanol–water partition coefficient (Wildman–Crippen LogP) is 12.6. The van der Waals surface area contributed by atoms with Gasteiger partial charge in [-0.3, -0.25) is 9.56 Å². The zero-order valence-corrected chi connectivity index (χ0v) is 38.4. The van der Waals surface area contributed by atoms with Crippen molar-refractivity contribution < 1.29 is 9.88 Å². The molecule has 8 aromatic carbocycles. The molecule has 11 aromatic rings. The summed E-state index contributed by atoms with van der Waals surface area (Å²) in [6.45, 7) is 7.36. The number of nitrogens with one attached hydrogen (secondary N) is 2. The minimum Gasteiger partial charge on any atom is -0.278 e. The molecule has 0 saturated carbocycles. The third-order valence-corrected chi connectivity index (χ3v) is 13.5. The molecular formula is C59H43N9S+2. The van der Waals surface area contributed by atoms with Crippen LogP contribution >= 0.6 is 11.8 Å². The maximum absolute atomic E-state index is 5.21. The molecule has 2 N–H and O–H groups in total. The van der Waals surface area contributed by atoms with Crippen LogP contribution in [0.15, 0.2) is 218 Å². The summed E-state index contributed by atoms with van der Waals surface area (Å²) < 4.78 is 2.15. The largest absolute Gasteiger partial charge is 0.484 e. The number of benzene rings is 8. The van der Waals surface area contributed by atoms with Gasteiger partial charge in [-0.15, -0.1) is 0 Å². The van der Waals surface area contributed by atoms with Crippen molar-refractivity contribution in [2.75, 3.05) is 6.54 Å². The van der Waals surface area contributed by atoms with E-state index in [1.165, 1.54) is 0 Å². The molecule has 1 aliphatic rings. The Kier molecular flexibility index (Phi) is 10.8. The highest BCUT2D eigenvalue weighted by atomic mass is 32.2. The van der Waals surface area contributed by atoms with E-state index in [0.717, 1.165) is 104 Å². The van der Waals surface area contributed by atoms with Gasteiger partial charge in [0, 0.05) is 56.6 Å². The van der Waals surface area contributed by atoms with Gasteiger partial charge in [-0.05, 0) is 77.1 Å². The molecule has 328 valence electrons. The van der Waals surface area contributed by atoms with Crippen LogP contribution in [-0.2, 0) is 0 Å². The quantitative estimate of drug-likeness (QED) is 0.108. The van der Waals surface area contributed by atoms with Crippen molar-refractivity contribution in [3.63, 3.8) is 0 Å². The van der Waals surface area contributed by atoms with Gasteiger partial charge in [-0.25, -0.2) is 9.97 Å². The standard InChI is InChI=1S/C59H41N9S/c1-3-60-57(44-33-35-51-48(36-44)46-29-17-19-31-50(46)67(51)58-63-53(39-20-8-4-9-21-39)61-54(64-58)40-22-10-5-11-23-40)69-38(2)43-32-34-47-45-28-16-18-30-49(45)68(52(47)37-43)59-65-55(41-24-12-6-13-25-41)62-56(66-59)42-26-14-7-15-27-42/h4-37H,2-3H2,1H3/p+2. The summed E-state index contributed by atoms with van der Waals surface area (Å²) in [4.78, 5) is 36.2. The monoisotopic (exact) mass is 909 g/mol. The van der Waals surface area contributed by atoms with Crippen LogP contribution in [0.4, 0.5) is 17.3 Å². The third-order valence-electron chi connectivity index (χ3n) is 12.4. The molecule has 0 saturated heterocycles. The van der Waals surface area contributed by atoms with Crippen LogP contribution in [0.2, 0.25) is 0 Å². The summed E-state index contributed by atoms with van der Waals surface area (Å²) in [5.74, 6) is 3.91. The normalized spacial score (nSPS) is 13.1. The van der Waals surface area contributed by atoms with Gasteiger partial charge in [0.2, 0.25) is 5.95 Å². The van der Waals surface area contributed by atoms with E-state index >= 15 is 0 Å². The molecule has 69 heavy (non-hydrogen) atoms. The molecule has 3 aromatic heterocycles. The first-order valence-corrected chi connectivity index (χ1v) is 23.8. The van der Waals surface area contributed by atoms with Crippen LogP contribution in [0.5, 0.6) is 0 Å². The first kappa shape index (κ1) is 41.7. The summed E-state index contributed by atoms with van der Waals surface area (Å²) in [5, 5.41) is 3.08. The fourth-order valence-corrected chi connectivity index (χ4v) is 10.1. The molecule has 9 nitrogen and oxygen atoms in total. The lowest BCUT2D eigenvalue weighted by Gasteiger charge is -2.13. The molecule has 12 rings (SSSR count). The number of aromatic amines is 1. The van der Waals surface area contributed by atoms with Gasteiger partial charge in [0.15, 0.2) is 23.0 Å². The summed E-state index contributed by atoms with van der Waals surface area (Å²) in [5.41, 5.74) is 12.2. The summed E-state index contributed by atoms with van der Waals surface area (Å²) in [7, 11) is 0. The maximum atomic E-state index is 5.21. The Labute approximate surface area is 403 Å². The molecule has 0 aliphatic carbocycles. The highest BCUT2D eigenvalue weighted by molar-refractivity contribution is 8.22. The first-order valence-electron chi connectivity index (χ1n) is 22.9. The SMILES string of the molecule is C=C(SC(=NCC)c1ccc2c(c1)-c1ccccc1[NH+]2c1nc(-c2ccccc2)[nH+]c(-c2ccccc2)n1)c1ccc2c3ccccc3n(-c3nc(-c4ccccc4)nc(-c4ccccc4)n3)c2c1. The van der Waals surface area contributed by atoms with Crippen LogP contribution in [0, 0.1) is 0 Å². The van der Waals surface area contributed by atoms with E-state index in [4.69, 9.17) is 29.9 Å². The Bertz CT molecular complexity index is 3650. The molecule has 0 amide bonds. The number of thioether (sulfide) groups is 1. The Morgan fingerprint density at radius 1 is 0.522 bits per heavy atom. The van der Waals surface area contributed by atoms with Gasteiger partial charge in [0.1, 0.15) is 5.04 Å². The maximum Gasteiger partial charge on any atom is 0.484 e. The third kappa shape index (κ3) is 7.77.